The van der Waals surface area contributed by atoms with Gasteiger partial charge in [0.25, 0.3) is 0 Å². The van der Waals surface area contributed by atoms with E-state index in [0.717, 1.165) is 6.42 Å². The smallest absolute Gasteiger partial charge is 0.241 e. The van der Waals surface area contributed by atoms with Crippen LogP contribution in [0.5, 0.6) is 0 Å². The zero-order valence-corrected chi connectivity index (χ0v) is 11.8. The summed E-state index contributed by atoms with van der Waals surface area (Å²) in [4.78, 5) is 12.0. The normalized spacial score (nSPS) is 13.7. The van der Waals surface area contributed by atoms with Crippen molar-refractivity contribution in [3.05, 3.63) is 30.3 Å². The number of aromatic nitrogens is 4. The van der Waals surface area contributed by atoms with E-state index >= 15 is 0 Å². The summed E-state index contributed by atoms with van der Waals surface area (Å²) in [6, 6.07) is 3.51. The second-order valence-corrected chi connectivity index (χ2v) is 4.82. The first-order valence-electron chi connectivity index (χ1n) is 6.62. The minimum atomic E-state index is -0.689. The van der Waals surface area contributed by atoms with Crippen LogP contribution in [0, 0.1) is 11.7 Å². The van der Waals surface area contributed by atoms with Crippen LogP contribution in [-0.2, 0) is 4.79 Å². The fraction of sp³-hybridized carbons (Fsp3) is 0.385. The van der Waals surface area contributed by atoms with Crippen molar-refractivity contribution in [3.8, 4) is 5.69 Å². The van der Waals surface area contributed by atoms with Gasteiger partial charge < -0.3 is 11.1 Å². The summed E-state index contributed by atoms with van der Waals surface area (Å²) in [7, 11) is 0. The van der Waals surface area contributed by atoms with Crippen LogP contribution < -0.4 is 11.1 Å². The molecule has 0 aliphatic carbocycles. The second kappa shape index (κ2) is 6.40. The van der Waals surface area contributed by atoms with Gasteiger partial charge in [-0.1, -0.05) is 20.3 Å². The van der Waals surface area contributed by atoms with E-state index in [9.17, 15) is 9.18 Å². The highest BCUT2D eigenvalue weighted by atomic mass is 19.1. The molecule has 0 bridgehead atoms. The summed E-state index contributed by atoms with van der Waals surface area (Å²) < 4.78 is 15.2. The lowest BCUT2D eigenvalue weighted by molar-refractivity contribution is -0.118. The van der Waals surface area contributed by atoms with Crippen molar-refractivity contribution in [1.82, 2.24) is 20.2 Å². The van der Waals surface area contributed by atoms with Crippen molar-refractivity contribution in [2.45, 2.75) is 26.3 Å². The fourth-order valence-corrected chi connectivity index (χ4v) is 1.76. The average molecular weight is 292 g/mol. The number of carbonyl (C=O) groups excluding carboxylic acids is 1. The number of anilines is 1. The molecule has 1 aromatic carbocycles. The lowest BCUT2D eigenvalue weighted by atomic mass is 9.99. The quantitative estimate of drug-likeness (QED) is 0.860. The second-order valence-electron chi connectivity index (χ2n) is 4.82. The number of carbonyl (C=O) groups is 1. The summed E-state index contributed by atoms with van der Waals surface area (Å²) in [5.41, 5.74) is 6.41. The maximum Gasteiger partial charge on any atom is 0.241 e. The molecule has 2 aromatic rings. The van der Waals surface area contributed by atoms with Crippen LogP contribution in [0.3, 0.4) is 0 Å². The number of amides is 1. The zero-order valence-electron chi connectivity index (χ0n) is 11.8. The van der Waals surface area contributed by atoms with Gasteiger partial charge in [-0.05, 0) is 34.5 Å². The van der Waals surface area contributed by atoms with Gasteiger partial charge in [-0.15, -0.1) is 5.10 Å². The van der Waals surface area contributed by atoms with Crippen LogP contribution in [0.15, 0.2) is 24.5 Å². The molecule has 1 aromatic heterocycles. The SMILES string of the molecule is CCC(C)[C@H](N)C(=O)Nc1cc(-n2cnnn2)ccc1F. The Morgan fingerprint density at radius 2 is 2.29 bits per heavy atom. The lowest BCUT2D eigenvalue weighted by Crippen LogP contribution is -2.40. The van der Waals surface area contributed by atoms with E-state index in [2.05, 4.69) is 20.8 Å². The highest BCUT2D eigenvalue weighted by Crippen LogP contribution is 2.19. The number of nitrogens with zero attached hydrogens (tertiary/aromatic N) is 4. The lowest BCUT2D eigenvalue weighted by Gasteiger charge is -2.18. The molecule has 1 unspecified atom stereocenters. The monoisotopic (exact) mass is 292 g/mol. The number of rotatable bonds is 5. The van der Waals surface area contributed by atoms with E-state index in [1.807, 2.05) is 13.8 Å². The van der Waals surface area contributed by atoms with Crippen molar-refractivity contribution in [3.63, 3.8) is 0 Å². The van der Waals surface area contributed by atoms with E-state index in [0.29, 0.717) is 5.69 Å². The van der Waals surface area contributed by atoms with Gasteiger partial charge in [0.15, 0.2) is 0 Å². The number of hydrogen-bond donors (Lipinski definition) is 2. The Hall–Kier alpha value is -2.35. The van der Waals surface area contributed by atoms with Crippen LogP contribution in [0.1, 0.15) is 20.3 Å². The Balaban J connectivity index is 2.20. The predicted molar refractivity (Wildman–Crippen MR) is 75.2 cm³/mol. The summed E-state index contributed by atoms with van der Waals surface area (Å²) in [5.74, 6) is -0.954. The average Bonchev–Trinajstić information content (AvgIpc) is 3.02. The first-order chi connectivity index (χ1) is 10.0. The molecule has 8 heteroatoms. The molecule has 0 radical (unpaired) electrons. The van der Waals surface area contributed by atoms with Crippen LogP contribution in [-0.4, -0.2) is 32.2 Å². The summed E-state index contributed by atoms with van der Waals surface area (Å²) >= 11 is 0. The maximum absolute atomic E-state index is 13.8. The topological polar surface area (TPSA) is 98.7 Å². The van der Waals surface area contributed by atoms with Gasteiger partial charge in [0, 0.05) is 0 Å². The Morgan fingerprint density at radius 3 is 2.90 bits per heavy atom. The Morgan fingerprint density at radius 1 is 1.52 bits per heavy atom. The number of benzene rings is 1. The number of tetrazole rings is 1. The minimum Gasteiger partial charge on any atom is -0.322 e. The van der Waals surface area contributed by atoms with Crippen molar-refractivity contribution >= 4 is 11.6 Å². The highest BCUT2D eigenvalue weighted by molar-refractivity contribution is 5.95. The first kappa shape index (κ1) is 15.0. The molecule has 0 saturated heterocycles. The Labute approximate surface area is 121 Å². The van der Waals surface area contributed by atoms with E-state index in [4.69, 9.17) is 5.73 Å². The zero-order chi connectivity index (χ0) is 15.4. The molecule has 112 valence electrons. The molecule has 0 saturated carbocycles. The third-order valence-electron chi connectivity index (χ3n) is 3.38. The first-order valence-corrected chi connectivity index (χ1v) is 6.62. The van der Waals surface area contributed by atoms with Gasteiger partial charge in [0.05, 0.1) is 17.4 Å². The minimum absolute atomic E-state index is 0.00996. The number of nitrogens with two attached hydrogens (primary N) is 1. The third kappa shape index (κ3) is 3.40. The summed E-state index contributed by atoms with van der Waals surface area (Å²) in [6.45, 7) is 3.81. The van der Waals surface area contributed by atoms with Crippen molar-refractivity contribution in [2.24, 2.45) is 11.7 Å². The highest BCUT2D eigenvalue weighted by Gasteiger charge is 2.20. The standard InChI is InChI=1S/C13H17FN6O/c1-3-8(2)12(15)13(21)17-11-6-9(4-5-10(11)14)20-7-16-18-19-20/h4-8,12H,3,15H2,1-2H3,(H,17,21)/t8?,12-/m0/s1. The van der Waals surface area contributed by atoms with Crippen LogP contribution in [0.4, 0.5) is 10.1 Å². The van der Waals surface area contributed by atoms with Crippen molar-refractivity contribution < 1.29 is 9.18 Å². The molecule has 21 heavy (non-hydrogen) atoms. The molecule has 2 rings (SSSR count). The van der Waals surface area contributed by atoms with E-state index < -0.39 is 17.8 Å². The third-order valence-corrected chi connectivity index (χ3v) is 3.38. The van der Waals surface area contributed by atoms with Crippen molar-refractivity contribution in [1.29, 1.82) is 0 Å². The van der Waals surface area contributed by atoms with E-state index in [-0.39, 0.29) is 11.6 Å². The molecule has 1 amide bonds. The largest absolute Gasteiger partial charge is 0.322 e. The number of halogens is 1. The van der Waals surface area contributed by atoms with Crippen LogP contribution >= 0.6 is 0 Å². The molecule has 0 fully saturated rings. The fourth-order valence-electron chi connectivity index (χ4n) is 1.76. The Kier molecular flexibility index (Phi) is 4.59. The van der Waals surface area contributed by atoms with Gasteiger partial charge >= 0.3 is 0 Å². The molecule has 2 atom stereocenters. The molecule has 3 N–H and O–H groups in total. The van der Waals surface area contributed by atoms with Gasteiger partial charge in [0.1, 0.15) is 12.1 Å². The van der Waals surface area contributed by atoms with Crippen LogP contribution in [0.2, 0.25) is 0 Å². The Bertz CT molecular complexity index is 615. The molecule has 0 aliphatic rings. The predicted octanol–water partition coefficient (Wildman–Crippen LogP) is 1.11. The molecule has 1 heterocycles. The maximum atomic E-state index is 13.8. The van der Waals surface area contributed by atoms with E-state index in [1.54, 1.807) is 0 Å². The molecule has 0 aliphatic heterocycles. The van der Waals surface area contributed by atoms with E-state index in [1.165, 1.54) is 29.2 Å². The van der Waals surface area contributed by atoms with Gasteiger partial charge in [-0.25, -0.2) is 9.07 Å². The number of hydrogen-bond acceptors (Lipinski definition) is 5. The summed E-state index contributed by atoms with van der Waals surface area (Å²) in [6.07, 6.45) is 2.14. The van der Waals surface area contributed by atoms with Gasteiger partial charge in [-0.2, -0.15) is 0 Å². The van der Waals surface area contributed by atoms with Gasteiger partial charge in [0.2, 0.25) is 5.91 Å². The van der Waals surface area contributed by atoms with Gasteiger partial charge in [-0.3, -0.25) is 4.79 Å². The molecular weight excluding hydrogens is 275 g/mol. The van der Waals surface area contributed by atoms with Crippen molar-refractivity contribution in [2.75, 3.05) is 5.32 Å². The molecule has 0 spiro atoms. The molecule has 7 nitrogen and oxygen atoms in total. The van der Waals surface area contributed by atoms with Crippen LogP contribution in [0.25, 0.3) is 5.69 Å². The summed E-state index contributed by atoms with van der Waals surface area (Å²) in [5, 5.41) is 13.2. The number of nitrogens with one attached hydrogen (secondary N) is 1. The molecular formula is C13H17FN6O.